The van der Waals surface area contributed by atoms with Crippen molar-refractivity contribution in [1.82, 2.24) is 5.32 Å². The zero-order chi connectivity index (χ0) is 18.6. The van der Waals surface area contributed by atoms with Crippen molar-refractivity contribution in [3.05, 3.63) is 65.2 Å². The summed E-state index contributed by atoms with van der Waals surface area (Å²) in [5, 5.41) is 2.95. The molecule has 134 valence electrons. The molecule has 1 aliphatic carbocycles. The topological polar surface area (TPSA) is 38.3 Å². The Labute approximate surface area is 155 Å². The highest BCUT2D eigenvalue weighted by molar-refractivity contribution is 5.74. The zero-order valence-electron chi connectivity index (χ0n) is 15.6. The molecule has 2 aromatic rings. The smallest absolute Gasteiger partial charge is 0.217 e. The standard InChI is InChI=1S/C23H25NO2/c1-17(25)24-23(2,3)20-13-9-18(10-14-20)7-8-19-11-15-22(16-12-19)26-21-5-4-6-21/h9-16,21H,4-6H2,1-3H3,(H,24,25). The third-order valence-corrected chi connectivity index (χ3v) is 4.66. The van der Waals surface area contributed by atoms with Crippen molar-refractivity contribution in [3.8, 4) is 17.6 Å². The molecule has 1 fully saturated rings. The van der Waals surface area contributed by atoms with Gasteiger partial charge in [0.2, 0.25) is 5.91 Å². The maximum Gasteiger partial charge on any atom is 0.217 e. The molecular formula is C23H25NO2. The van der Waals surface area contributed by atoms with E-state index in [9.17, 15) is 4.79 Å². The predicted molar refractivity (Wildman–Crippen MR) is 104 cm³/mol. The van der Waals surface area contributed by atoms with Gasteiger partial charge in [-0.3, -0.25) is 4.79 Å². The molecular weight excluding hydrogens is 322 g/mol. The first kappa shape index (κ1) is 18.1. The van der Waals surface area contributed by atoms with Gasteiger partial charge in [0.05, 0.1) is 11.6 Å². The molecule has 0 aliphatic heterocycles. The molecule has 0 aromatic heterocycles. The van der Waals surface area contributed by atoms with Crippen molar-refractivity contribution in [2.24, 2.45) is 0 Å². The number of carbonyl (C=O) groups is 1. The summed E-state index contributed by atoms with van der Waals surface area (Å²) < 4.78 is 5.86. The van der Waals surface area contributed by atoms with Crippen LogP contribution in [0.3, 0.4) is 0 Å². The molecule has 3 rings (SSSR count). The van der Waals surface area contributed by atoms with Gasteiger partial charge in [0.15, 0.2) is 0 Å². The predicted octanol–water partition coefficient (Wildman–Crippen LogP) is 4.39. The Morgan fingerprint density at radius 3 is 2.00 bits per heavy atom. The van der Waals surface area contributed by atoms with Crippen LogP contribution in [0.15, 0.2) is 48.5 Å². The van der Waals surface area contributed by atoms with Gasteiger partial charge in [-0.15, -0.1) is 0 Å². The molecule has 3 nitrogen and oxygen atoms in total. The Kier molecular flexibility index (Phi) is 5.32. The monoisotopic (exact) mass is 347 g/mol. The molecule has 0 spiro atoms. The van der Waals surface area contributed by atoms with Crippen LogP contribution in [-0.2, 0) is 10.3 Å². The van der Waals surface area contributed by atoms with Crippen LogP contribution in [-0.4, -0.2) is 12.0 Å². The lowest BCUT2D eigenvalue weighted by molar-refractivity contribution is -0.120. The Morgan fingerprint density at radius 1 is 1.00 bits per heavy atom. The zero-order valence-corrected chi connectivity index (χ0v) is 15.6. The molecule has 1 amide bonds. The number of benzene rings is 2. The summed E-state index contributed by atoms with van der Waals surface area (Å²) in [5.41, 5.74) is 2.57. The highest BCUT2D eigenvalue weighted by Gasteiger charge is 2.21. The van der Waals surface area contributed by atoms with Gasteiger partial charge in [0, 0.05) is 18.1 Å². The molecule has 0 unspecified atom stereocenters. The summed E-state index contributed by atoms with van der Waals surface area (Å²) >= 11 is 0. The van der Waals surface area contributed by atoms with E-state index in [2.05, 4.69) is 17.2 Å². The molecule has 0 bridgehead atoms. The number of nitrogens with one attached hydrogen (secondary N) is 1. The van der Waals surface area contributed by atoms with Gasteiger partial charge >= 0.3 is 0 Å². The summed E-state index contributed by atoms with van der Waals surface area (Å²) in [6, 6.07) is 16.0. The fraction of sp³-hybridized carbons (Fsp3) is 0.348. The fourth-order valence-electron chi connectivity index (χ4n) is 2.92. The lowest BCUT2D eigenvalue weighted by Gasteiger charge is -2.26. The van der Waals surface area contributed by atoms with Crippen LogP contribution in [0.25, 0.3) is 0 Å². The quantitative estimate of drug-likeness (QED) is 0.833. The first-order chi connectivity index (χ1) is 12.4. The molecule has 0 heterocycles. The van der Waals surface area contributed by atoms with E-state index in [-0.39, 0.29) is 5.91 Å². The number of rotatable bonds is 4. The van der Waals surface area contributed by atoms with Crippen molar-refractivity contribution >= 4 is 5.91 Å². The molecule has 0 radical (unpaired) electrons. The van der Waals surface area contributed by atoms with Crippen LogP contribution >= 0.6 is 0 Å². The Bertz CT molecular complexity index is 819. The molecule has 1 N–H and O–H groups in total. The lowest BCUT2D eigenvalue weighted by atomic mass is 9.93. The van der Waals surface area contributed by atoms with Crippen molar-refractivity contribution in [1.29, 1.82) is 0 Å². The Morgan fingerprint density at radius 2 is 1.54 bits per heavy atom. The third-order valence-electron chi connectivity index (χ3n) is 4.66. The summed E-state index contributed by atoms with van der Waals surface area (Å²) in [5.74, 6) is 7.25. The van der Waals surface area contributed by atoms with E-state index >= 15 is 0 Å². The van der Waals surface area contributed by atoms with E-state index in [1.54, 1.807) is 0 Å². The molecule has 26 heavy (non-hydrogen) atoms. The van der Waals surface area contributed by atoms with Crippen molar-refractivity contribution in [3.63, 3.8) is 0 Å². The van der Waals surface area contributed by atoms with E-state index in [4.69, 9.17) is 4.74 Å². The second-order valence-corrected chi connectivity index (χ2v) is 7.33. The van der Waals surface area contributed by atoms with Gasteiger partial charge in [-0.25, -0.2) is 0 Å². The number of hydrogen-bond donors (Lipinski definition) is 1. The second kappa shape index (κ2) is 7.66. The Hall–Kier alpha value is -2.73. The molecule has 1 aliphatic rings. The normalized spacial score (nSPS) is 14.0. The molecule has 0 saturated heterocycles. The Balaban J connectivity index is 1.65. The minimum atomic E-state index is -0.395. The minimum Gasteiger partial charge on any atom is -0.490 e. The van der Waals surface area contributed by atoms with E-state index in [1.165, 1.54) is 13.3 Å². The lowest BCUT2D eigenvalue weighted by Crippen LogP contribution is -2.39. The van der Waals surface area contributed by atoms with Crippen molar-refractivity contribution in [2.45, 2.75) is 51.7 Å². The van der Waals surface area contributed by atoms with Crippen molar-refractivity contribution in [2.75, 3.05) is 0 Å². The fourth-order valence-corrected chi connectivity index (χ4v) is 2.92. The third kappa shape index (κ3) is 4.67. The first-order valence-electron chi connectivity index (χ1n) is 9.10. The van der Waals surface area contributed by atoms with Gasteiger partial charge in [0.1, 0.15) is 5.75 Å². The molecule has 1 saturated carbocycles. The van der Waals surface area contributed by atoms with Gasteiger partial charge in [-0.05, 0) is 75.1 Å². The van der Waals surface area contributed by atoms with E-state index < -0.39 is 5.54 Å². The number of ether oxygens (including phenoxy) is 1. The number of amides is 1. The van der Waals surface area contributed by atoms with Crippen LogP contribution < -0.4 is 10.1 Å². The van der Waals surface area contributed by atoms with Crippen LogP contribution in [0, 0.1) is 11.8 Å². The number of hydrogen-bond acceptors (Lipinski definition) is 2. The minimum absolute atomic E-state index is 0.0383. The van der Waals surface area contributed by atoms with Crippen LogP contribution in [0.5, 0.6) is 5.75 Å². The summed E-state index contributed by atoms with van der Waals surface area (Å²) in [6.07, 6.45) is 3.99. The van der Waals surface area contributed by atoms with Crippen molar-refractivity contribution < 1.29 is 9.53 Å². The van der Waals surface area contributed by atoms with Crippen LogP contribution in [0.1, 0.15) is 56.7 Å². The van der Waals surface area contributed by atoms with Crippen LogP contribution in [0.4, 0.5) is 0 Å². The molecule has 3 heteroatoms. The molecule has 2 aromatic carbocycles. The van der Waals surface area contributed by atoms with Gasteiger partial charge < -0.3 is 10.1 Å². The summed E-state index contributed by atoms with van der Waals surface area (Å²) in [6.45, 7) is 5.51. The maximum absolute atomic E-state index is 11.3. The second-order valence-electron chi connectivity index (χ2n) is 7.33. The first-order valence-corrected chi connectivity index (χ1v) is 9.10. The molecule has 0 atom stereocenters. The average molecular weight is 347 g/mol. The largest absolute Gasteiger partial charge is 0.490 e. The summed E-state index contributed by atoms with van der Waals surface area (Å²) in [7, 11) is 0. The highest BCUT2D eigenvalue weighted by atomic mass is 16.5. The van der Waals surface area contributed by atoms with Crippen LogP contribution in [0.2, 0.25) is 0 Å². The van der Waals surface area contributed by atoms with Gasteiger partial charge in [-0.1, -0.05) is 24.0 Å². The maximum atomic E-state index is 11.3. The van der Waals surface area contributed by atoms with Gasteiger partial charge in [0.25, 0.3) is 0 Å². The van der Waals surface area contributed by atoms with Gasteiger partial charge in [-0.2, -0.15) is 0 Å². The summed E-state index contributed by atoms with van der Waals surface area (Å²) in [4.78, 5) is 11.3. The van der Waals surface area contributed by atoms with E-state index in [0.717, 1.165) is 35.3 Å². The van der Waals surface area contributed by atoms with E-state index in [1.807, 2.05) is 62.4 Å². The SMILES string of the molecule is CC(=O)NC(C)(C)c1ccc(C#Cc2ccc(OC3CCC3)cc2)cc1. The highest BCUT2D eigenvalue weighted by Crippen LogP contribution is 2.25. The number of carbonyl (C=O) groups excluding carboxylic acids is 1. The average Bonchev–Trinajstić information content (AvgIpc) is 2.56. The van der Waals surface area contributed by atoms with E-state index in [0.29, 0.717) is 6.10 Å².